The number of ether oxygens (including phenoxy) is 3. The highest BCUT2D eigenvalue weighted by molar-refractivity contribution is 7.20. The van der Waals surface area contributed by atoms with Crippen LogP contribution in [0.2, 0.25) is 0 Å². The highest BCUT2D eigenvalue weighted by atomic mass is 32.1. The molecule has 0 aliphatic carbocycles. The van der Waals surface area contributed by atoms with E-state index in [9.17, 15) is 4.79 Å². The van der Waals surface area contributed by atoms with Crippen LogP contribution >= 0.6 is 11.3 Å². The number of amides is 1. The van der Waals surface area contributed by atoms with Gasteiger partial charge < -0.3 is 19.1 Å². The number of benzene rings is 1. The molecule has 170 valence electrons. The number of aromatic nitrogens is 2. The Kier molecular flexibility index (Phi) is 6.62. The molecule has 32 heavy (non-hydrogen) atoms. The van der Waals surface area contributed by atoms with Crippen LogP contribution in [0.4, 0.5) is 0 Å². The number of nitrogens with zero attached hydrogens (tertiary/aromatic N) is 3. The van der Waals surface area contributed by atoms with Gasteiger partial charge in [-0.25, -0.2) is 4.98 Å². The summed E-state index contributed by atoms with van der Waals surface area (Å²) in [6.45, 7) is 7.75. The summed E-state index contributed by atoms with van der Waals surface area (Å²) in [5, 5.41) is 0.800. The first-order valence-corrected chi connectivity index (χ1v) is 11.6. The molecule has 8 heteroatoms. The van der Waals surface area contributed by atoms with E-state index in [1.807, 2.05) is 17.9 Å². The van der Waals surface area contributed by atoms with Gasteiger partial charge in [0.15, 0.2) is 5.82 Å². The summed E-state index contributed by atoms with van der Waals surface area (Å²) in [7, 11) is 3.18. The highest BCUT2D eigenvalue weighted by Gasteiger charge is 2.28. The third-order valence-electron chi connectivity index (χ3n) is 5.97. The number of methoxy groups -OCH3 is 2. The lowest BCUT2D eigenvalue weighted by molar-refractivity contribution is 0.0599. The number of hydrogen-bond acceptors (Lipinski definition) is 7. The van der Waals surface area contributed by atoms with Gasteiger partial charge in [0.1, 0.15) is 23.3 Å². The van der Waals surface area contributed by atoms with Gasteiger partial charge >= 0.3 is 0 Å². The predicted octanol–water partition coefficient (Wildman–Crippen LogP) is 4.46. The Morgan fingerprint density at radius 3 is 2.53 bits per heavy atom. The highest BCUT2D eigenvalue weighted by Crippen LogP contribution is 2.36. The number of aryl methyl sites for hydroxylation is 3. The molecule has 0 N–H and O–H groups in total. The summed E-state index contributed by atoms with van der Waals surface area (Å²) in [5.41, 5.74) is 3.35. The predicted molar refractivity (Wildman–Crippen MR) is 125 cm³/mol. The summed E-state index contributed by atoms with van der Waals surface area (Å²) in [6.07, 6.45) is 1.74. The number of fused-ring (bicyclic) bond motifs is 1. The smallest absolute Gasteiger partial charge is 0.264 e. The number of likely N-dealkylation sites (tertiary alicyclic amines) is 1. The maximum absolute atomic E-state index is 13.3. The Morgan fingerprint density at radius 2 is 1.88 bits per heavy atom. The van der Waals surface area contributed by atoms with E-state index < -0.39 is 0 Å². The van der Waals surface area contributed by atoms with Gasteiger partial charge in [0.25, 0.3) is 5.91 Å². The molecule has 0 atom stereocenters. The zero-order chi connectivity index (χ0) is 22.8. The molecular weight excluding hydrogens is 426 g/mol. The van der Waals surface area contributed by atoms with Gasteiger partial charge in [-0.2, -0.15) is 4.98 Å². The molecule has 1 amide bonds. The summed E-state index contributed by atoms with van der Waals surface area (Å²) < 4.78 is 16.8. The fraction of sp³-hybridized carbons (Fsp3) is 0.458. The lowest BCUT2D eigenvalue weighted by Gasteiger charge is -2.32. The second-order valence-electron chi connectivity index (χ2n) is 8.17. The number of hydrogen-bond donors (Lipinski definition) is 0. The normalized spacial score (nSPS) is 14.7. The van der Waals surface area contributed by atoms with E-state index in [1.54, 1.807) is 14.2 Å². The molecule has 0 bridgehead atoms. The first-order valence-electron chi connectivity index (χ1n) is 10.8. The van der Waals surface area contributed by atoms with Crippen molar-refractivity contribution in [2.75, 3.05) is 27.3 Å². The van der Waals surface area contributed by atoms with E-state index in [4.69, 9.17) is 14.2 Å². The van der Waals surface area contributed by atoms with E-state index in [2.05, 4.69) is 35.9 Å². The van der Waals surface area contributed by atoms with Crippen molar-refractivity contribution in [3.63, 3.8) is 0 Å². The fourth-order valence-corrected chi connectivity index (χ4v) is 5.15. The van der Waals surface area contributed by atoms with Crippen molar-refractivity contribution in [2.24, 2.45) is 0 Å². The molecule has 1 saturated heterocycles. The van der Waals surface area contributed by atoms with Gasteiger partial charge in [0.2, 0.25) is 5.88 Å². The largest absolute Gasteiger partial charge is 0.490 e. The van der Waals surface area contributed by atoms with Crippen molar-refractivity contribution in [3.8, 4) is 11.6 Å². The summed E-state index contributed by atoms with van der Waals surface area (Å²) in [4.78, 5) is 25.7. The SMILES string of the molecule is COCc1nc(OC)c2c(C)c(C(=O)N3CCC(Oc4ccc(C)c(C)c4)CC3)sc2n1. The van der Waals surface area contributed by atoms with Crippen LogP contribution in [0.3, 0.4) is 0 Å². The minimum absolute atomic E-state index is 0.0328. The van der Waals surface area contributed by atoms with Gasteiger partial charge in [-0.1, -0.05) is 6.07 Å². The van der Waals surface area contributed by atoms with Crippen molar-refractivity contribution < 1.29 is 19.0 Å². The van der Waals surface area contributed by atoms with Crippen LogP contribution < -0.4 is 9.47 Å². The molecule has 1 aliphatic heterocycles. The number of thiophene rings is 1. The van der Waals surface area contributed by atoms with Gasteiger partial charge in [0, 0.05) is 33.0 Å². The number of carbonyl (C=O) groups excluding carboxylic acids is 1. The van der Waals surface area contributed by atoms with Gasteiger partial charge in [-0.15, -0.1) is 11.3 Å². The third kappa shape index (κ3) is 4.42. The zero-order valence-electron chi connectivity index (χ0n) is 19.2. The van der Waals surface area contributed by atoms with Crippen molar-refractivity contribution in [1.82, 2.24) is 14.9 Å². The zero-order valence-corrected chi connectivity index (χ0v) is 20.0. The average molecular weight is 456 g/mol. The minimum Gasteiger partial charge on any atom is -0.490 e. The second kappa shape index (κ2) is 9.42. The van der Waals surface area contributed by atoms with Crippen molar-refractivity contribution in [3.05, 3.63) is 45.6 Å². The number of rotatable bonds is 6. The maximum Gasteiger partial charge on any atom is 0.264 e. The monoisotopic (exact) mass is 455 g/mol. The summed E-state index contributed by atoms with van der Waals surface area (Å²) in [5.74, 6) is 1.96. The van der Waals surface area contributed by atoms with Gasteiger partial charge in [-0.05, 0) is 49.6 Å². The fourth-order valence-electron chi connectivity index (χ4n) is 3.99. The third-order valence-corrected chi connectivity index (χ3v) is 7.15. The molecule has 0 saturated carbocycles. The molecule has 0 spiro atoms. The average Bonchev–Trinajstić information content (AvgIpc) is 3.12. The number of piperidine rings is 1. The first-order chi connectivity index (χ1) is 15.4. The molecule has 1 fully saturated rings. The molecule has 7 nitrogen and oxygen atoms in total. The topological polar surface area (TPSA) is 73.8 Å². The lowest BCUT2D eigenvalue weighted by atomic mass is 10.1. The van der Waals surface area contributed by atoms with Crippen molar-refractivity contribution in [2.45, 2.75) is 46.3 Å². The van der Waals surface area contributed by atoms with Crippen LogP contribution in [0.25, 0.3) is 10.2 Å². The van der Waals surface area contributed by atoms with Crippen LogP contribution in [-0.4, -0.2) is 54.2 Å². The van der Waals surface area contributed by atoms with Crippen molar-refractivity contribution in [1.29, 1.82) is 0 Å². The maximum atomic E-state index is 13.3. The Balaban J connectivity index is 1.48. The van der Waals surface area contributed by atoms with Crippen LogP contribution in [-0.2, 0) is 11.3 Å². The van der Waals surface area contributed by atoms with Crippen LogP contribution in [0.1, 0.15) is 45.0 Å². The van der Waals surface area contributed by atoms with Crippen molar-refractivity contribution >= 4 is 27.5 Å². The Morgan fingerprint density at radius 1 is 1.12 bits per heavy atom. The molecule has 3 aromatic rings. The molecule has 0 unspecified atom stereocenters. The lowest BCUT2D eigenvalue weighted by Crippen LogP contribution is -2.41. The number of carbonyl (C=O) groups is 1. The van der Waals surface area contributed by atoms with E-state index in [0.717, 1.165) is 34.4 Å². The van der Waals surface area contributed by atoms with Crippen LogP contribution in [0, 0.1) is 20.8 Å². The molecule has 1 aromatic carbocycles. The van der Waals surface area contributed by atoms with E-state index in [-0.39, 0.29) is 12.0 Å². The van der Waals surface area contributed by atoms with Gasteiger partial charge in [-0.3, -0.25) is 4.79 Å². The minimum atomic E-state index is 0.0328. The molecule has 2 aromatic heterocycles. The van der Waals surface area contributed by atoms with E-state index >= 15 is 0 Å². The Hall–Kier alpha value is -2.71. The molecule has 0 radical (unpaired) electrons. The summed E-state index contributed by atoms with van der Waals surface area (Å²) in [6, 6.07) is 6.19. The van der Waals surface area contributed by atoms with Gasteiger partial charge in [0.05, 0.1) is 17.4 Å². The standard InChI is InChI=1S/C24H29N3O4S/c1-14-6-7-18(12-15(14)2)31-17-8-10-27(11-9-17)24(28)21-16(3)20-22(30-5)25-19(13-29-4)26-23(20)32-21/h6-7,12,17H,8-11,13H2,1-5H3. The van der Waals surface area contributed by atoms with E-state index in [1.165, 1.54) is 22.5 Å². The van der Waals surface area contributed by atoms with E-state index in [0.29, 0.717) is 36.3 Å². The second-order valence-corrected chi connectivity index (χ2v) is 9.17. The molecular formula is C24H29N3O4S. The Labute approximate surface area is 192 Å². The molecule has 1 aliphatic rings. The molecule has 4 rings (SSSR count). The first kappa shape index (κ1) is 22.5. The van der Waals surface area contributed by atoms with Crippen LogP contribution in [0.15, 0.2) is 18.2 Å². The van der Waals surface area contributed by atoms with Crippen LogP contribution in [0.5, 0.6) is 11.6 Å². The quantitative estimate of drug-likeness (QED) is 0.547. The summed E-state index contributed by atoms with van der Waals surface area (Å²) >= 11 is 1.39. The molecule has 3 heterocycles. The Bertz CT molecular complexity index is 1140.